The summed E-state index contributed by atoms with van der Waals surface area (Å²) in [6, 6.07) is 15.3. The van der Waals surface area contributed by atoms with E-state index in [2.05, 4.69) is 15.2 Å². The zero-order valence-corrected chi connectivity index (χ0v) is 18.4. The highest BCUT2D eigenvalue weighted by molar-refractivity contribution is 7.09. The number of hydrogen-bond acceptors (Lipinski definition) is 6. The maximum atomic E-state index is 12.2. The Morgan fingerprint density at radius 1 is 1.10 bits per heavy atom. The highest BCUT2D eigenvalue weighted by Gasteiger charge is 2.10. The topological polar surface area (TPSA) is 63.7 Å². The fraction of sp³-hybridized carbons (Fsp3) is 0.304. The third-order valence-corrected chi connectivity index (χ3v) is 5.38. The summed E-state index contributed by atoms with van der Waals surface area (Å²) < 4.78 is 10.9. The predicted octanol–water partition coefficient (Wildman–Crippen LogP) is 4.15. The maximum absolute atomic E-state index is 12.2. The molecule has 0 aliphatic carbocycles. The quantitative estimate of drug-likeness (QED) is 0.529. The molecule has 3 rings (SSSR count). The molecule has 1 heterocycles. The number of ether oxygens (including phenoxy) is 2. The molecule has 0 bridgehead atoms. The summed E-state index contributed by atoms with van der Waals surface area (Å²) in [5.74, 6) is 1.58. The van der Waals surface area contributed by atoms with Crippen molar-refractivity contribution in [1.82, 2.24) is 9.88 Å². The number of thiazole rings is 1. The van der Waals surface area contributed by atoms with Gasteiger partial charge < -0.3 is 14.8 Å². The van der Waals surface area contributed by atoms with Crippen molar-refractivity contribution in [3.05, 3.63) is 70.2 Å². The largest absolute Gasteiger partial charge is 0.497 e. The van der Waals surface area contributed by atoms with E-state index in [-0.39, 0.29) is 12.3 Å². The number of nitrogens with one attached hydrogen (secondary N) is 1. The Balaban J connectivity index is 1.40. The van der Waals surface area contributed by atoms with E-state index >= 15 is 0 Å². The minimum absolute atomic E-state index is 0.0546. The molecule has 0 unspecified atom stereocenters. The van der Waals surface area contributed by atoms with Gasteiger partial charge in [0, 0.05) is 24.2 Å². The van der Waals surface area contributed by atoms with Gasteiger partial charge in [0.25, 0.3) is 0 Å². The molecule has 7 heteroatoms. The van der Waals surface area contributed by atoms with Gasteiger partial charge in [-0.15, -0.1) is 11.3 Å². The van der Waals surface area contributed by atoms with E-state index in [1.54, 1.807) is 7.11 Å². The zero-order chi connectivity index (χ0) is 21.3. The fourth-order valence-electron chi connectivity index (χ4n) is 2.83. The minimum atomic E-state index is -0.0546. The number of nitrogens with zero attached hydrogens (tertiary/aromatic N) is 2. The molecule has 0 aliphatic rings. The van der Waals surface area contributed by atoms with E-state index < -0.39 is 0 Å². The van der Waals surface area contributed by atoms with E-state index in [9.17, 15) is 4.79 Å². The molecule has 1 N–H and O–H groups in total. The molecule has 1 amide bonds. The lowest BCUT2D eigenvalue weighted by Gasteiger charge is -2.15. The monoisotopic (exact) mass is 425 g/mol. The number of aryl methyl sites for hydroxylation is 1. The summed E-state index contributed by atoms with van der Waals surface area (Å²) in [6.45, 7) is 4.08. The molecular weight excluding hydrogens is 398 g/mol. The third kappa shape index (κ3) is 6.86. The number of anilines is 1. The SMILES string of the molecule is COc1ccc(OCCN(C)Cc2csc(CC(=O)Nc3ccc(C)cc3)n2)cc1. The van der Waals surface area contributed by atoms with Gasteiger partial charge in [0.15, 0.2) is 0 Å². The Bertz CT molecular complexity index is 939. The van der Waals surface area contributed by atoms with Gasteiger partial charge >= 0.3 is 0 Å². The van der Waals surface area contributed by atoms with Crippen LogP contribution < -0.4 is 14.8 Å². The first kappa shape index (κ1) is 21.8. The van der Waals surface area contributed by atoms with Crippen LogP contribution in [0, 0.1) is 6.92 Å². The number of benzene rings is 2. The molecule has 3 aromatic rings. The molecule has 158 valence electrons. The van der Waals surface area contributed by atoms with Crippen LogP contribution in [0.5, 0.6) is 11.5 Å². The van der Waals surface area contributed by atoms with Crippen LogP contribution in [-0.2, 0) is 17.8 Å². The Hall–Kier alpha value is -2.90. The number of hydrogen-bond donors (Lipinski definition) is 1. The van der Waals surface area contributed by atoms with Crippen molar-refractivity contribution >= 4 is 22.9 Å². The smallest absolute Gasteiger partial charge is 0.231 e. The zero-order valence-electron chi connectivity index (χ0n) is 17.6. The summed E-state index contributed by atoms with van der Waals surface area (Å²) in [5, 5.41) is 5.74. The van der Waals surface area contributed by atoms with Crippen LogP contribution >= 0.6 is 11.3 Å². The van der Waals surface area contributed by atoms with Crippen molar-refractivity contribution in [2.24, 2.45) is 0 Å². The van der Waals surface area contributed by atoms with Gasteiger partial charge in [-0.05, 0) is 50.4 Å². The molecular formula is C23H27N3O3S. The Morgan fingerprint density at radius 2 is 1.80 bits per heavy atom. The Labute approximate surface area is 181 Å². The van der Waals surface area contributed by atoms with Crippen molar-refractivity contribution in [3.8, 4) is 11.5 Å². The second-order valence-electron chi connectivity index (χ2n) is 7.09. The molecule has 0 aliphatic heterocycles. The first-order chi connectivity index (χ1) is 14.5. The van der Waals surface area contributed by atoms with Gasteiger partial charge in [-0.1, -0.05) is 17.7 Å². The summed E-state index contributed by atoms with van der Waals surface area (Å²) in [7, 11) is 3.67. The maximum Gasteiger partial charge on any atom is 0.231 e. The van der Waals surface area contributed by atoms with E-state index in [4.69, 9.17) is 9.47 Å². The number of amides is 1. The number of likely N-dealkylation sites (N-methyl/N-ethyl adjacent to an activating group) is 1. The molecule has 0 fully saturated rings. The van der Waals surface area contributed by atoms with Gasteiger partial charge in [0.2, 0.25) is 5.91 Å². The predicted molar refractivity (Wildman–Crippen MR) is 120 cm³/mol. The molecule has 30 heavy (non-hydrogen) atoms. The highest BCUT2D eigenvalue weighted by Crippen LogP contribution is 2.17. The number of rotatable bonds is 10. The van der Waals surface area contributed by atoms with Crippen molar-refractivity contribution in [1.29, 1.82) is 0 Å². The third-order valence-electron chi connectivity index (χ3n) is 4.48. The minimum Gasteiger partial charge on any atom is -0.497 e. The number of methoxy groups -OCH3 is 1. The molecule has 0 radical (unpaired) electrons. The van der Waals surface area contributed by atoms with E-state index in [0.29, 0.717) is 13.2 Å². The Kier molecular flexibility index (Phi) is 7.82. The first-order valence-electron chi connectivity index (χ1n) is 9.77. The molecule has 0 atom stereocenters. The molecule has 0 saturated heterocycles. The van der Waals surface area contributed by atoms with E-state index in [0.717, 1.165) is 40.0 Å². The van der Waals surface area contributed by atoms with Crippen molar-refractivity contribution in [2.45, 2.75) is 19.9 Å². The van der Waals surface area contributed by atoms with Gasteiger partial charge in [-0.25, -0.2) is 4.98 Å². The fourth-order valence-corrected chi connectivity index (χ4v) is 3.61. The lowest BCUT2D eigenvalue weighted by molar-refractivity contribution is -0.115. The number of carbonyl (C=O) groups is 1. The average Bonchev–Trinajstić information content (AvgIpc) is 3.16. The summed E-state index contributed by atoms with van der Waals surface area (Å²) in [5.41, 5.74) is 2.93. The van der Waals surface area contributed by atoms with Crippen LogP contribution in [-0.4, -0.2) is 43.1 Å². The Morgan fingerprint density at radius 3 is 2.50 bits per heavy atom. The normalized spacial score (nSPS) is 10.8. The van der Waals surface area contributed by atoms with E-state index in [1.807, 2.05) is 67.9 Å². The van der Waals surface area contributed by atoms with Crippen LogP contribution in [0.2, 0.25) is 0 Å². The standard InChI is InChI=1S/C23H27N3O3S/c1-17-4-6-18(7-5-17)24-22(27)14-23-25-19(16-30-23)15-26(2)12-13-29-21-10-8-20(28-3)9-11-21/h4-11,16H,12-15H2,1-3H3,(H,24,27). The second kappa shape index (κ2) is 10.8. The van der Waals surface area contributed by atoms with Gasteiger partial charge in [-0.2, -0.15) is 0 Å². The second-order valence-corrected chi connectivity index (χ2v) is 8.03. The highest BCUT2D eigenvalue weighted by atomic mass is 32.1. The first-order valence-corrected chi connectivity index (χ1v) is 10.6. The summed E-state index contributed by atoms with van der Waals surface area (Å²) in [4.78, 5) is 19.0. The summed E-state index contributed by atoms with van der Waals surface area (Å²) >= 11 is 1.52. The van der Waals surface area contributed by atoms with Crippen LogP contribution in [0.3, 0.4) is 0 Å². The van der Waals surface area contributed by atoms with Gasteiger partial charge in [-0.3, -0.25) is 9.69 Å². The molecule has 2 aromatic carbocycles. The number of aromatic nitrogens is 1. The van der Waals surface area contributed by atoms with Crippen molar-refractivity contribution in [3.63, 3.8) is 0 Å². The lowest BCUT2D eigenvalue weighted by Crippen LogP contribution is -2.24. The van der Waals surface area contributed by atoms with Crippen LogP contribution in [0.1, 0.15) is 16.3 Å². The lowest BCUT2D eigenvalue weighted by atomic mass is 10.2. The average molecular weight is 426 g/mol. The van der Waals surface area contributed by atoms with Gasteiger partial charge in [0.05, 0.1) is 19.2 Å². The molecule has 0 spiro atoms. The molecule has 1 aromatic heterocycles. The molecule has 6 nitrogen and oxygen atoms in total. The van der Waals surface area contributed by atoms with Gasteiger partial charge in [0.1, 0.15) is 23.1 Å². The number of carbonyl (C=O) groups excluding carboxylic acids is 1. The van der Waals surface area contributed by atoms with Crippen molar-refractivity contribution in [2.75, 3.05) is 32.6 Å². The van der Waals surface area contributed by atoms with Crippen LogP contribution in [0.4, 0.5) is 5.69 Å². The van der Waals surface area contributed by atoms with Crippen molar-refractivity contribution < 1.29 is 14.3 Å². The molecule has 0 saturated carbocycles. The van der Waals surface area contributed by atoms with Crippen LogP contribution in [0.15, 0.2) is 53.9 Å². The van der Waals surface area contributed by atoms with Crippen LogP contribution in [0.25, 0.3) is 0 Å². The van der Waals surface area contributed by atoms with E-state index in [1.165, 1.54) is 11.3 Å². The summed E-state index contributed by atoms with van der Waals surface area (Å²) in [6.07, 6.45) is 0.281.